The van der Waals surface area contributed by atoms with Crippen molar-refractivity contribution in [2.45, 2.75) is 6.54 Å². The topological polar surface area (TPSA) is 65.1 Å². The van der Waals surface area contributed by atoms with E-state index in [2.05, 4.69) is 15.9 Å². The van der Waals surface area contributed by atoms with Crippen molar-refractivity contribution < 1.29 is 4.92 Å². The van der Waals surface area contributed by atoms with Crippen molar-refractivity contribution >= 4 is 21.6 Å². The molecule has 0 radical (unpaired) electrons. The summed E-state index contributed by atoms with van der Waals surface area (Å²) in [5.74, 6) is 0. The van der Waals surface area contributed by atoms with E-state index in [1.54, 1.807) is 24.4 Å². The number of aromatic nitrogens is 1. The average Bonchev–Trinajstić information content (AvgIpc) is 2.34. The Bertz CT molecular complexity index is 652. The fourth-order valence-corrected chi connectivity index (χ4v) is 1.97. The normalized spacial score (nSPS) is 10.3. The minimum Gasteiger partial charge on any atom is -0.310 e. The van der Waals surface area contributed by atoms with E-state index in [1.165, 1.54) is 22.8 Å². The SMILES string of the molecule is O=c1ccc(Br)cn1Cc1cccc([N+](=O)[O-])c1. The van der Waals surface area contributed by atoms with Gasteiger partial charge in [-0.05, 0) is 27.6 Å². The monoisotopic (exact) mass is 308 g/mol. The Labute approximate surface area is 111 Å². The summed E-state index contributed by atoms with van der Waals surface area (Å²) >= 11 is 3.28. The minimum absolute atomic E-state index is 0.0237. The van der Waals surface area contributed by atoms with Crippen molar-refractivity contribution in [2.24, 2.45) is 0 Å². The first-order valence-electron chi connectivity index (χ1n) is 5.15. The molecular formula is C12H9BrN2O3. The number of nitrogens with zero attached hydrogens (tertiary/aromatic N) is 2. The Kier molecular flexibility index (Phi) is 3.57. The highest BCUT2D eigenvalue weighted by molar-refractivity contribution is 9.10. The predicted octanol–water partition coefficient (Wildman–Crippen LogP) is 2.57. The number of hydrogen-bond donors (Lipinski definition) is 0. The van der Waals surface area contributed by atoms with Gasteiger partial charge in [0.1, 0.15) is 0 Å². The second-order valence-electron chi connectivity index (χ2n) is 3.74. The summed E-state index contributed by atoms with van der Waals surface area (Å²) in [7, 11) is 0. The first-order chi connectivity index (χ1) is 8.56. The number of hydrogen-bond acceptors (Lipinski definition) is 3. The molecule has 0 spiro atoms. The molecule has 6 heteroatoms. The third-order valence-corrected chi connectivity index (χ3v) is 2.89. The standard InChI is InChI=1S/C12H9BrN2O3/c13-10-4-5-12(16)14(8-10)7-9-2-1-3-11(6-9)15(17)18/h1-6,8H,7H2. The van der Waals surface area contributed by atoms with E-state index in [1.807, 2.05) is 0 Å². The van der Waals surface area contributed by atoms with Crippen LogP contribution in [0.15, 0.2) is 51.9 Å². The highest BCUT2D eigenvalue weighted by Gasteiger charge is 2.06. The third-order valence-electron chi connectivity index (χ3n) is 2.42. The first-order valence-corrected chi connectivity index (χ1v) is 5.95. The predicted molar refractivity (Wildman–Crippen MR) is 70.6 cm³/mol. The number of rotatable bonds is 3. The number of nitro groups is 1. The summed E-state index contributed by atoms with van der Waals surface area (Å²) in [5, 5.41) is 10.7. The maximum Gasteiger partial charge on any atom is 0.269 e. The van der Waals surface area contributed by atoms with Gasteiger partial charge in [-0.2, -0.15) is 0 Å². The van der Waals surface area contributed by atoms with Gasteiger partial charge in [0.05, 0.1) is 11.5 Å². The minimum atomic E-state index is -0.451. The largest absolute Gasteiger partial charge is 0.310 e. The van der Waals surface area contributed by atoms with Gasteiger partial charge in [0, 0.05) is 28.9 Å². The van der Waals surface area contributed by atoms with Crippen LogP contribution in [0, 0.1) is 10.1 Å². The molecule has 1 aromatic heterocycles. The lowest BCUT2D eigenvalue weighted by molar-refractivity contribution is -0.384. The van der Waals surface area contributed by atoms with E-state index in [-0.39, 0.29) is 11.2 Å². The number of nitro benzene ring substituents is 1. The van der Waals surface area contributed by atoms with E-state index < -0.39 is 4.92 Å². The average molecular weight is 309 g/mol. The molecule has 0 bridgehead atoms. The maximum absolute atomic E-state index is 11.6. The molecule has 5 nitrogen and oxygen atoms in total. The highest BCUT2D eigenvalue weighted by Crippen LogP contribution is 2.14. The van der Waals surface area contributed by atoms with Crippen molar-refractivity contribution in [1.82, 2.24) is 4.57 Å². The van der Waals surface area contributed by atoms with E-state index in [0.717, 1.165) is 4.47 Å². The van der Waals surface area contributed by atoms with E-state index in [4.69, 9.17) is 0 Å². The van der Waals surface area contributed by atoms with Crippen LogP contribution in [0.5, 0.6) is 0 Å². The number of benzene rings is 1. The van der Waals surface area contributed by atoms with Crippen molar-refractivity contribution in [1.29, 1.82) is 0 Å². The molecule has 2 aromatic rings. The van der Waals surface area contributed by atoms with Gasteiger partial charge in [0.15, 0.2) is 0 Å². The van der Waals surface area contributed by atoms with E-state index in [9.17, 15) is 14.9 Å². The molecule has 0 aliphatic rings. The van der Waals surface area contributed by atoms with Gasteiger partial charge in [-0.3, -0.25) is 14.9 Å². The van der Waals surface area contributed by atoms with Crippen molar-refractivity contribution in [3.8, 4) is 0 Å². The van der Waals surface area contributed by atoms with E-state index >= 15 is 0 Å². The zero-order chi connectivity index (χ0) is 13.1. The van der Waals surface area contributed by atoms with Crippen LogP contribution in [-0.4, -0.2) is 9.49 Å². The Morgan fingerprint density at radius 3 is 2.78 bits per heavy atom. The van der Waals surface area contributed by atoms with Crippen molar-refractivity contribution in [3.63, 3.8) is 0 Å². The molecule has 0 saturated carbocycles. The summed E-state index contributed by atoms with van der Waals surface area (Å²) in [4.78, 5) is 21.8. The Morgan fingerprint density at radius 2 is 2.06 bits per heavy atom. The van der Waals surface area contributed by atoms with Crippen LogP contribution in [0.25, 0.3) is 0 Å². The molecule has 0 amide bonds. The van der Waals surface area contributed by atoms with Crippen LogP contribution in [0.3, 0.4) is 0 Å². The Balaban J connectivity index is 2.34. The molecule has 1 aromatic carbocycles. The molecule has 0 aliphatic carbocycles. The lowest BCUT2D eigenvalue weighted by Crippen LogP contribution is -2.18. The number of pyridine rings is 1. The van der Waals surface area contributed by atoms with Gasteiger partial charge >= 0.3 is 0 Å². The molecule has 1 heterocycles. The summed E-state index contributed by atoms with van der Waals surface area (Å²) in [6.45, 7) is 0.306. The molecule has 0 atom stereocenters. The molecule has 0 saturated heterocycles. The van der Waals surface area contributed by atoms with Gasteiger partial charge in [-0.25, -0.2) is 0 Å². The maximum atomic E-state index is 11.6. The molecule has 0 N–H and O–H groups in total. The van der Waals surface area contributed by atoms with Crippen LogP contribution >= 0.6 is 15.9 Å². The Hall–Kier alpha value is -1.95. The van der Waals surface area contributed by atoms with Crippen LogP contribution in [-0.2, 0) is 6.54 Å². The van der Waals surface area contributed by atoms with Crippen LogP contribution in [0.1, 0.15) is 5.56 Å². The second-order valence-corrected chi connectivity index (χ2v) is 4.66. The molecule has 18 heavy (non-hydrogen) atoms. The van der Waals surface area contributed by atoms with Gasteiger partial charge in [-0.15, -0.1) is 0 Å². The molecule has 0 fully saturated rings. The zero-order valence-electron chi connectivity index (χ0n) is 9.25. The number of non-ortho nitro benzene ring substituents is 1. The van der Waals surface area contributed by atoms with Crippen molar-refractivity contribution in [2.75, 3.05) is 0 Å². The quantitative estimate of drug-likeness (QED) is 0.646. The van der Waals surface area contributed by atoms with Gasteiger partial charge in [-0.1, -0.05) is 12.1 Å². The summed E-state index contributed by atoms with van der Waals surface area (Å²) in [6, 6.07) is 9.35. The summed E-state index contributed by atoms with van der Waals surface area (Å²) in [5.41, 5.74) is 0.588. The third kappa shape index (κ3) is 2.84. The first kappa shape index (κ1) is 12.5. The molecule has 0 aliphatic heterocycles. The Morgan fingerprint density at radius 1 is 1.28 bits per heavy atom. The zero-order valence-corrected chi connectivity index (χ0v) is 10.8. The van der Waals surface area contributed by atoms with Crippen LogP contribution in [0.4, 0.5) is 5.69 Å². The molecular weight excluding hydrogens is 300 g/mol. The van der Waals surface area contributed by atoms with E-state index in [0.29, 0.717) is 12.1 Å². The van der Waals surface area contributed by atoms with Gasteiger partial charge in [0.25, 0.3) is 11.2 Å². The fraction of sp³-hybridized carbons (Fsp3) is 0.0833. The molecule has 0 unspecified atom stereocenters. The van der Waals surface area contributed by atoms with Gasteiger partial charge in [0.2, 0.25) is 0 Å². The van der Waals surface area contributed by atoms with Crippen molar-refractivity contribution in [3.05, 3.63) is 73.1 Å². The van der Waals surface area contributed by atoms with Crippen LogP contribution < -0.4 is 5.56 Å². The molecule has 2 rings (SSSR count). The van der Waals surface area contributed by atoms with Crippen LogP contribution in [0.2, 0.25) is 0 Å². The lowest BCUT2D eigenvalue weighted by Gasteiger charge is -2.05. The molecule has 92 valence electrons. The number of halogens is 1. The summed E-state index contributed by atoms with van der Waals surface area (Å²) in [6.07, 6.45) is 1.65. The fourth-order valence-electron chi connectivity index (χ4n) is 1.59. The smallest absolute Gasteiger partial charge is 0.269 e. The second kappa shape index (κ2) is 5.14. The van der Waals surface area contributed by atoms with Gasteiger partial charge < -0.3 is 4.57 Å². The highest BCUT2D eigenvalue weighted by atomic mass is 79.9. The summed E-state index contributed by atoms with van der Waals surface area (Å²) < 4.78 is 2.27. The lowest BCUT2D eigenvalue weighted by atomic mass is 10.2.